The Hall–Kier alpha value is -2.82. The molecule has 0 saturated heterocycles. The van der Waals surface area contributed by atoms with Crippen molar-refractivity contribution in [2.45, 2.75) is 19.0 Å². The first-order valence-electron chi connectivity index (χ1n) is 6.84. The van der Waals surface area contributed by atoms with Gasteiger partial charge in [-0.3, -0.25) is 14.8 Å². The van der Waals surface area contributed by atoms with E-state index in [0.29, 0.717) is 17.9 Å². The molecule has 0 aliphatic carbocycles. The Labute approximate surface area is 134 Å². The number of hydroxylamine groups is 1. The van der Waals surface area contributed by atoms with Gasteiger partial charge >= 0.3 is 0 Å². The zero-order valence-electron chi connectivity index (χ0n) is 12.7. The maximum absolute atomic E-state index is 12.1. The van der Waals surface area contributed by atoms with Crippen LogP contribution in [0.1, 0.15) is 17.3 Å². The fraction of sp³-hybridized carbons (Fsp3) is 0.250. The molecule has 2 amide bonds. The molecule has 2 unspecified atom stereocenters. The van der Waals surface area contributed by atoms with Gasteiger partial charge in [0, 0.05) is 11.6 Å². The van der Waals surface area contributed by atoms with Crippen molar-refractivity contribution in [2.24, 2.45) is 5.73 Å². The number of hydrogen-bond acceptors (Lipinski definition) is 5. The highest BCUT2D eigenvalue weighted by molar-refractivity contribution is 5.97. The molecular formula is C16H19N3O4. The largest absolute Gasteiger partial charge is 0.490 e. The smallest absolute Gasteiger partial charge is 0.267 e. The average molecular weight is 317 g/mol. The average Bonchev–Trinajstić information content (AvgIpc) is 2.56. The molecule has 0 radical (unpaired) electrons. The topological polar surface area (TPSA) is 114 Å². The number of nitrogens with two attached hydrogens (primary N) is 1. The van der Waals surface area contributed by atoms with Crippen molar-refractivity contribution >= 4 is 11.8 Å². The predicted octanol–water partition coefficient (Wildman–Crippen LogP) is 0.206. The highest BCUT2D eigenvalue weighted by Crippen LogP contribution is 2.12. The Kier molecular flexibility index (Phi) is 7.33. The highest BCUT2D eigenvalue weighted by atomic mass is 16.5. The summed E-state index contributed by atoms with van der Waals surface area (Å²) < 4.78 is 5.39. The molecule has 5 N–H and O–H groups in total. The first kappa shape index (κ1) is 18.2. The highest BCUT2D eigenvalue weighted by Gasteiger charge is 2.24. The molecule has 2 atom stereocenters. The minimum absolute atomic E-state index is 0.319. The minimum atomic E-state index is -1.04. The predicted molar refractivity (Wildman–Crippen MR) is 84.7 cm³/mol. The lowest BCUT2D eigenvalue weighted by molar-refractivity contribution is -0.131. The van der Waals surface area contributed by atoms with E-state index in [1.807, 2.05) is 0 Å². The lowest BCUT2D eigenvalue weighted by Crippen LogP contribution is -2.54. The van der Waals surface area contributed by atoms with Crippen molar-refractivity contribution in [2.75, 3.05) is 6.61 Å². The van der Waals surface area contributed by atoms with Crippen LogP contribution in [-0.2, 0) is 4.79 Å². The Morgan fingerprint density at radius 3 is 2.61 bits per heavy atom. The van der Waals surface area contributed by atoms with Crippen molar-refractivity contribution in [3.63, 3.8) is 0 Å². The molecule has 0 aliphatic rings. The molecule has 0 spiro atoms. The molecule has 0 saturated carbocycles. The lowest BCUT2D eigenvalue weighted by Gasteiger charge is -2.20. The van der Waals surface area contributed by atoms with E-state index in [0.717, 1.165) is 0 Å². The van der Waals surface area contributed by atoms with E-state index < -0.39 is 23.9 Å². The van der Waals surface area contributed by atoms with Crippen molar-refractivity contribution in [3.05, 3.63) is 42.0 Å². The third kappa shape index (κ3) is 5.82. The Morgan fingerprint density at radius 1 is 1.43 bits per heavy atom. The summed E-state index contributed by atoms with van der Waals surface area (Å²) >= 11 is 0. The van der Waals surface area contributed by atoms with Crippen LogP contribution in [0.4, 0.5) is 0 Å². The van der Waals surface area contributed by atoms with Gasteiger partial charge < -0.3 is 15.8 Å². The molecule has 0 fully saturated rings. The maximum atomic E-state index is 12.1. The summed E-state index contributed by atoms with van der Waals surface area (Å²) in [5, 5.41) is 11.1. The molecule has 7 nitrogen and oxygen atoms in total. The molecule has 0 heterocycles. The standard InChI is InChI=1S/C16H19N3O4/c1-3-4-5-10-23-13-8-6-12(7-9-13)15(20)18-14(11(2)17)16(21)19-22/h1,4-9,11,14,22H,10,17H2,2H3,(H,18,20)(H,19,21). The minimum Gasteiger partial charge on any atom is -0.490 e. The van der Waals surface area contributed by atoms with Crippen molar-refractivity contribution in [1.82, 2.24) is 10.8 Å². The summed E-state index contributed by atoms with van der Waals surface area (Å²) in [5.41, 5.74) is 7.41. The van der Waals surface area contributed by atoms with Crippen LogP contribution < -0.4 is 21.3 Å². The van der Waals surface area contributed by atoms with E-state index in [2.05, 4.69) is 11.2 Å². The van der Waals surface area contributed by atoms with Crippen LogP contribution in [0.5, 0.6) is 5.75 Å². The number of terminal acetylenes is 1. The van der Waals surface area contributed by atoms with Crippen molar-refractivity contribution in [3.8, 4) is 18.1 Å². The molecule has 122 valence electrons. The second kappa shape index (κ2) is 9.25. The molecule has 0 aromatic heterocycles. The molecule has 1 rings (SSSR count). The van der Waals surface area contributed by atoms with Gasteiger partial charge in [0.05, 0.1) is 0 Å². The SMILES string of the molecule is C#CC=CCOc1ccc(C(=O)NC(C(=O)NO)C(C)N)cc1. The molecule has 0 bridgehead atoms. The zero-order valence-corrected chi connectivity index (χ0v) is 12.7. The summed E-state index contributed by atoms with van der Waals surface area (Å²) in [5.74, 6) is 1.64. The van der Waals surface area contributed by atoms with Gasteiger partial charge in [0.1, 0.15) is 18.4 Å². The fourth-order valence-electron chi connectivity index (χ4n) is 1.69. The van der Waals surface area contributed by atoms with E-state index >= 15 is 0 Å². The molecular weight excluding hydrogens is 298 g/mol. The van der Waals surface area contributed by atoms with Gasteiger partial charge in [-0.1, -0.05) is 5.92 Å². The van der Waals surface area contributed by atoms with Gasteiger partial charge in [-0.05, 0) is 43.3 Å². The van der Waals surface area contributed by atoms with Gasteiger partial charge in [0.2, 0.25) is 0 Å². The normalized spacial score (nSPS) is 13.0. The van der Waals surface area contributed by atoms with E-state index in [1.54, 1.807) is 37.3 Å². The third-order valence-corrected chi connectivity index (χ3v) is 2.88. The summed E-state index contributed by atoms with van der Waals surface area (Å²) in [6.45, 7) is 1.86. The second-order valence-electron chi connectivity index (χ2n) is 4.69. The first-order chi connectivity index (χ1) is 11.0. The first-order valence-corrected chi connectivity index (χ1v) is 6.84. The maximum Gasteiger partial charge on any atom is 0.267 e. The van der Waals surface area contributed by atoms with Gasteiger partial charge in [-0.25, -0.2) is 5.48 Å². The van der Waals surface area contributed by atoms with Crippen LogP contribution in [-0.4, -0.2) is 35.7 Å². The van der Waals surface area contributed by atoms with Crippen LogP contribution in [0.25, 0.3) is 0 Å². The summed E-state index contributed by atoms with van der Waals surface area (Å²) in [6, 6.07) is 4.61. The third-order valence-electron chi connectivity index (χ3n) is 2.88. The van der Waals surface area contributed by atoms with Gasteiger partial charge in [0.15, 0.2) is 0 Å². The van der Waals surface area contributed by atoms with Gasteiger partial charge in [-0.15, -0.1) is 6.42 Å². The quantitative estimate of drug-likeness (QED) is 0.326. The van der Waals surface area contributed by atoms with Crippen LogP contribution in [0.3, 0.4) is 0 Å². The van der Waals surface area contributed by atoms with Gasteiger partial charge in [0.25, 0.3) is 11.8 Å². The Morgan fingerprint density at radius 2 is 2.09 bits per heavy atom. The summed E-state index contributed by atoms with van der Waals surface area (Å²) in [6.07, 6.45) is 8.28. The number of carbonyl (C=O) groups is 2. The lowest BCUT2D eigenvalue weighted by atomic mass is 10.1. The van der Waals surface area contributed by atoms with Crippen LogP contribution >= 0.6 is 0 Å². The van der Waals surface area contributed by atoms with Crippen molar-refractivity contribution < 1.29 is 19.5 Å². The monoisotopic (exact) mass is 317 g/mol. The molecule has 7 heteroatoms. The van der Waals surface area contributed by atoms with E-state index in [9.17, 15) is 9.59 Å². The van der Waals surface area contributed by atoms with Crippen LogP contribution in [0.15, 0.2) is 36.4 Å². The van der Waals surface area contributed by atoms with Crippen molar-refractivity contribution in [1.29, 1.82) is 0 Å². The van der Waals surface area contributed by atoms with E-state index in [1.165, 1.54) is 11.6 Å². The fourth-order valence-corrected chi connectivity index (χ4v) is 1.69. The zero-order chi connectivity index (χ0) is 17.2. The number of carbonyl (C=O) groups excluding carboxylic acids is 2. The Bertz CT molecular complexity index is 603. The Balaban J connectivity index is 2.68. The number of amides is 2. The number of nitrogens with one attached hydrogen (secondary N) is 2. The molecule has 23 heavy (non-hydrogen) atoms. The summed E-state index contributed by atoms with van der Waals surface area (Å²) in [7, 11) is 0. The van der Waals surface area contributed by atoms with Gasteiger partial charge in [-0.2, -0.15) is 0 Å². The second-order valence-corrected chi connectivity index (χ2v) is 4.69. The summed E-state index contributed by atoms with van der Waals surface area (Å²) in [4.78, 5) is 23.5. The number of rotatable bonds is 7. The number of allylic oxidation sites excluding steroid dienone is 1. The van der Waals surface area contributed by atoms with E-state index in [4.69, 9.17) is 22.1 Å². The number of hydrogen-bond donors (Lipinski definition) is 4. The number of benzene rings is 1. The van der Waals surface area contributed by atoms with Crippen LogP contribution in [0, 0.1) is 12.3 Å². The van der Waals surface area contributed by atoms with E-state index in [-0.39, 0.29) is 0 Å². The van der Waals surface area contributed by atoms with Crippen LogP contribution in [0.2, 0.25) is 0 Å². The molecule has 1 aromatic carbocycles. The molecule has 0 aliphatic heterocycles. The number of ether oxygens (including phenoxy) is 1. The molecule has 1 aromatic rings.